The fourth-order valence-corrected chi connectivity index (χ4v) is 0.881. The molecule has 0 aliphatic rings. The third-order valence-electron chi connectivity index (χ3n) is 1.49. The molecule has 0 rings (SSSR count). The van der Waals surface area contributed by atoms with E-state index in [1.807, 2.05) is 6.92 Å². The topological polar surface area (TPSA) is 62.2 Å². The molecule has 84 valence electrons. The second-order valence-corrected chi connectivity index (χ2v) is 2.77. The number of rotatable bonds is 9. The number of aliphatic hydroxyl groups excluding tert-OH is 2. The molecule has 2 N–H and O–H groups in total. The molecular formula is C9H19NO4. The van der Waals surface area contributed by atoms with Gasteiger partial charge in [0, 0.05) is 0 Å². The predicted molar refractivity (Wildman–Crippen MR) is 52.2 cm³/mol. The summed E-state index contributed by atoms with van der Waals surface area (Å²) >= 11 is 0. The van der Waals surface area contributed by atoms with Crippen LogP contribution >= 0.6 is 0 Å². The molecule has 0 aromatic heterocycles. The first kappa shape index (κ1) is 13.5. The van der Waals surface area contributed by atoms with E-state index in [2.05, 4.69) is 6.58 Å². The Balaban J connectivity index is 3.86. The summed E-state index contributed by atoms with van der Waals surface area (Å²) in [6, 6.07) is 0.00519. The maximum Gasteiger partial charge on any atom is 0.0942 e. The zero-order valence-electron chi connectivity index (χ0n) is 8.56. The average Bonchev–Trinajstić information content (AvgIpc) is 2.18. The number of hydroxylamine groups is 2. The summed E-state index contributed by atoms with van der Waals surface area (Å²) in [5.41, 5.74) is 0. The molecule has 0 radical (unpaired) electrons. The highest BCUT2D eigenvalue weighted by molar-refractivity contribution is 4.72. The van der Waals surface area contributed by atoms with Gasteiger partial charge >= 0.3 is 0 Å². The lowest BCUT2D eigenvalue weighted by molar-refractivity contribution is -0.388. The SMILES string of the molecule is C=CCC(C)N(OCCO)OCCO. The van der Waals surface area contributed by atoms with Crippen molar-refractivity contribution in [2.45, 2.75) is 19.4 Å². The van der Waals surface area contributed by atoms with Crippen molar-refractivity contribution in [3.63, 3.8) is 0 Å². The Hall–Kier alpha value is -0.460. The lowest BCUT2D eigenvalue weighted by Gasteiger charge is -2.25. The van der Waals surface area contributed by atoms with Gasteiger partial charge in [-0.05, 0) is 13.3 Å². The van der Waals surface area contributed by atoms with E-state index in [-0.39, 0.29) is 32.5 Å². The Kier molecular flexibility index (Phi) is 8.81. The van der Waals surface area contributed by atoms with Crippen LogP contribution in [-0.4, -0.2) is 47.9 Å². The van der Waals surface area contributed by atoms with Crippen LogP contribution in [0.25, 0.3) is 0 Å². The first-order valence-electron chi connectivity index (χ1n) is 4.64. The molecule has 0 saturated carbocycles. The summed E-state index contributed by atoms with van der Waals surface area (Å²) in [5, 5.41) is 18.4. The molecule has 0 bridgehead atoms. The maximum absolute atomic E-state index is 8.58. The van der Waals surface area contributed by atoms with Crippen LogP contribution in [-0.2, 0) is 9.68 Å². The highest BCUT2D eigenvalue weighted by Crippen LogP contribution is 2.05. The molecule has 5 heteroatoms. The summed E-state index contributed by atoms with van der Waals surface area (Å²) in [4.78, 5) is 10.2. The fraction of sp³-hybridized carbons (Fsp3) is 0.778. The highest BCUT2D eigenvalue weighted by atomic mass is 17.0. The van der Waals surface area contributed by atoms with E-state index in [4.69, 9.17) is 19.9 Å². The minimum Gasteiger partial charge on any atom is -0.394 e. The van der Waals surface area contributed by atoms with E-state index in [0.29, 0.717) is 6.42 Å². The van der Waals surface area contributed by atoms with Crippen LogP contribution in [0.3, 0.4) is 0 Å². The molecule has 0 amide bonds. The summed E-state index contributed by atoms with van der Waals surface area (Å²) in [6.45, 7) is 5.71. The van der Waals surface area contributed by atoms with Gasteiger partial charge in [-0.3, -0.25) is 9.68 Å². The maximum atomic E-state index is 8.58. The van der Waals surface area contributed by atoms with Crippen LogP contribution in [0, 0.1) is 0 Å². The Morgan fingerprint density at radius 1 is 1.29 bits per heavy atom. The molecule has 0 aromatic rings. The van der Waals surface area contributed by atoms with E-state index in [0.717, 1.165) is 0 Å². The first-order chi connectivity index (χ1) is 6.76. The molecule has 14 heavy (non-hydrogen) atoms. The van der Waals surface area contributed by atoms with Gasteiger partial charge in [0.05, 0.1) is 32.5 Å². The van der Waals surface area contributed by atoms with Gasteiger partial charge in [0.1, 0.15) is 0 Å². The molecule has 0 aliphatic heterocycles. The lowest BCUT2D eigenvalue weighted by atomic mass is 10.2. The summed E-state index contributed by atoms with van der Waals surface area (Å²) in [7, 11) is 0. The van der Waals surface area contributed by atoms with Gasteiger partial charge in [-0.1, -0.05) is 11.3 Å². The molecular weight excluding hydrogens is 186 g/mol. The second kappa shape index (κ2) is 9.11. The van der Waals surface area contributed by atoms with E-state index in [1.54, 1.807) is 6.08 Å². The second-order valence-electron chi connectivity index (χ2n) is 2.77. The predicted octanol–water partition coefficient (Wildman–Crippen LogP) is 0.101. The Bertz CT molecular complexity index is 135. The van der Waals surface area contributed by atoms with Crippen molar-refractivity contribution < 1.29 is 19.9 Å². The van der Waals surface area contributed by atoms with Crippen LogP contribution < -0.4 is 0 Å². The van der Waals surface area contributed by atoms with Crippen LogP contribution in [0.15, 0.2) is 12.7 Å². The summed E-state index contributed by atoms with van der Waals surface area (Å²) in [5.74, 6) is 0. The normalized spacial score (nSPS) is 13.1. The zero-order chi connectivity index (χ0) is 10.8. The van der Waals surface area contributed by atoms with Gasteiger partial charge in [-0.25, -0.2) is 0 Å². The Morgan fingerprint density at radius 2 is 1.79 bits per heavy atom. The monoisotopic (exact) mass is 205 g/mol. The van der Waals surface area contributed by atoms with Crippen LogP contribution in [0.5, 0.6) is 0 Å². The third kappa shape index (κ3) is 6.06. The van der Waals surface area contributed by atoms with Crippen molar-refractivity contribution in [2.75, 3.05) is 26.4 Å². The van der Waals surface area contributed by atoms with Crippen molar-refractivity contribution in [3.05, 3.63) is 12.7 Å². The minimum absolute atomic E-state index is 0.00519. The molecule has 1 atom stereocenters. The molecule has 0 fully saturated rings. The van der Waals surface area contributed by atoms with Crippen molar-refractivity contribution >= 4 is 0 Å². The van der Waals surface area contributed by atoms with Crippen LogP contribution in [0.4, 0.5) is 0 Å². The third-order valence-corrected chi connectivity index (χ3v) is 1.49. The van der Waals surface area contributed by atoms with Gasteiger partial charge in [-0.2, -0.15) is 0 Å². The van der Waals surface area contributed by atoms with Gasteiger partial charge in [-0.15, -0.1) is 6.58 Å². The first-order valence-corrected chi connectivity index (χ1v) is 4.64. The minimum atomic E-state index is -0.0696. The Morgan fingerprint density at radius 3 is 2.14 bits per heavy atom. The van der Waals surface area contributed by atoms with Crippen molar-refractivity contribution in [1.82, 2.24) is 5.23 Å². The van der Waals surface area contributed by atoms with Crippen LogP contribution in [0.2, 0.25) is 0 Å². The van der Waals surface area contributed by atoms with E-state index < -0.39 is 0 Å². The molecule has 1 unspecified atom stereocenters. The lowest BCUT2D eigenvalue weighted by Crippen LogP contribution is -2.34. The molecule has 0 spiro atoms. The van der Waals surface area contributed by atoms with Gasteiger partial charge < -0.3 is 10.2 Å². The number of hydrogen-bond acceptors (Lipinski definition) is 5. The van der Waals surface area contributed by atoms with E-state index in [9.17, 15) is 0 Å². The standard InChI is InChI=1S/C9H19NO4/c1-3-4-9(2)10(13-7-5-11)14-8-6-12/h3,9,11-12H,1,4-8H2,2H3. The Labute approximate surface area is 84.5 Å². The quantitative estimate of drug-likeness (QED) is 0.413. The van der Waals surface area contributed by atoms with Crippen molar-refractivity contribution in [1.29, 1.82) is 0 Å². The number of hydrogen-bond donors (Lipinski definition) is 2. The highest BCUT2D eigenvalue weighted by Gasteiger charge is 2.13. The van der Waals surface area contributed by atoms with E-state index >= 15 is 0 Å². The number of aliphatic hydroxyl groups is 2. The summed E-state index contributed by atoms with van der Waals surface area (Å²) in [6.07, 6.45) is 2.46. The summed E-state index contributed by atoms with van der Waals surface area (Å²) < 4.78 is 0. The van der Waals surface area contributed by atoms with Gasteiger partial charge in [0.25, 0.3) is 0 Å². The van der Waals surface area contributed by atoms with Crippen LogP contribution in [0.1, 0.15) is 13.3 Å². The van der Waals surface area contributed by atoms with Gasteiger partial charge in [0.2, 0.25) is 0 Å². The fourth-order valence-electron chi connectivity index (χ4n) is 0.881. The van der Waals surface area contributed by atoms with E-state index in [1.165, 1.54) is 5.23 Å². The smallest absolute Gasteiger partial charge is 0.0942 e. The molecule has 0 heterocycles. The van der Waals surface area contributed by atoms with Crippen molar-refractivity contribution in [3.8, 4) is 0 Å². The largest absolute Gasteiger partial charge is 0.394 e. The van der Waals surface area contributed by atoms with Crippen molar-refractivity contribution in [2.24, 2.45) is 0 Å². The molecule has 0 aliphatic carbocycles. The zero-order valence-corrected chi connectivity index (χ0v) is 8.56. The number of nitrogens with zero attached hydrogens (tertiary/aromatic N) is 1. The molecule has 0 aromatic carbocycles. The molecule has 5 nitrogen and oxygen atoms in total. The van der Waals surface area contributed by atoms with Gasteiger partial charge in [0.15, 0.2) is 0 Å². The molecule has 0 saturated heterocycles. The average molecular weight is 205 g/mol.